The second kappa shape index (κ2) is 9.96. The molecule has 29 heavy (non-hydrogen) atoms. The number of likely N-dealkylation sites (tertiary alicyclic amines) is 1. The minimum atomic E-state index is -0.0453. The van der Waals surface area contributed by atoms with Crippen LogP contribution in [0.5, 0.6) is 11.5 Å². The van der Waals surface area contributed by atoms with Gasteiger partial charge in [0.1, 0.15) is 11.5 Å². The Balaban J connectivity index is 1.48. The lowest BCUT2D eigenvalue weighted by Crippen LogP contribution is -2.46. The summed E-state index contributed by atoms with van der Waals surface area (Å²) in [5.41, 5.74) is 1.71. The summed E-state index contributed by atoms with van der Waals surface area (Å²) in [5, 5.41) is 3.11. The third kappa shape index (κ3) is 5.73. The molecule has 2 aromatic rings. The average Bonchev–Trinajstić information content (AvgIpc) is 2.78. The van der Waals surface area contributed by atoms with E-state index in [1.165, 1.54) is 0 Å². The van der Waals surface area contributed by atoms with Crippen LogP contribution in [0.15, 0.2) is 48.5 Å². The minimum absolute atomic E-state index is 0.0453. The lowest BCUT2D eigenvalue weighted by atomic mass is 10.0. The number of benzene rings is 2. The number of piperidine rings is 1. The Hall–Kier alpha value is -3.02. The molecule has 2 aromatic carbocycles. The van der Waals surface area contributed by atoms with Crippen LogP contribution >= 0.6 is 0 Å². The first-order chi connectivity index (χ1) is 14.1. The summed E-state index contributed by atoms with van der Waals surface area (Å²) in [6, 6.07) is 15.3. The van der Waals surface area contributed by atoms with E-state index in [2.05, 4.69) is 5.32 Å². The van der Waals surface area contributed by atoms with E-state index in [1.807, 2.05) is 35.2 Å². The van der Waals surface area contributed by atoms with Crippen LogP contribution in [-0.2, 0) is 11.2 Å². The van der Waals surface area contributed by atoms with Crippen LogP contribution in [0.3, 0.4) is 0 Å². The fourth-order valence-electron chi connectivity index (χ4n) is 3.54. The third-order valence-electron chi connectivity index (χ3n) is 5.23. The molecule has 0 atom stereocenters. The Morgan fingerprint density at radius 3 is 2.21 bits per heavy atom. The smallest absolute Gasteiger partial charge is 0.254 e. The summed E-state index contributed by atoms with van der Waals surface area (Å²) in [6.45, 7) is 1.23. The molecule has 0 aromatic heterocycles. The van der Waals surface area contributed by atoms with Gasteiger partial charge in [0.15, 0.2) is 0 Å². The van der Waals surface area contributed by atoms with Crippen molar-refractivity contribution in [2.75, 3.05) is 27.3 Å². The number of hydrogen-bond donors (Lipinski definition) is 1. The van der Waals surface area contributed by atoms with Gasteiger partial charge in [-0.2, -0.15) is 0 Å². The summed E-state index contributed by atoms with van der Waals surface area (Å²) in [6.07, 6.45) is 2.72. The van der Waals surface area contributed by atoms with E-state index in [-0.39, 0.29) is 17.9 Å². The molecule has 0 bridgehead atoms. The van der Waals surface area contributed by atoms with Gasteiger partial charge in [0.25, 0.3) is 5.91 Å². The minimum Gasteiger partial charge on any atom is -0.497 e. The first kappa shape index (κ1) is 20.7. The number of carbonyl (C=O) groups is 2. The highest BCUT2D eigenvalue weighted by molar-refractivity contribution is 5.95. The average molecular weight is 396 g/mol. The van der Waals surface area contributed by atoms with Gasteiger partial charge < -0.3 is 19.7 Å². The molecular formula is C23H28N2O4. The van der Waals surface area contributed by atoms with Crippen LogP contribution in [0.4, 0.5) is 0 Å². The van der Waals surface area contributed by atoms with E-state index >= 15 is 0 Å². The monoisotopic (exact) mass is 396 g/mol. The van der Waals surface area contributed by atoms with Gasteiger partial charge in [-0.15, -0.1) is 0 Å². The summed E-state index contributed by atoms with van der Waals surface area (Å²) >= 11 is 0. The molecule has 0 unspecified atom stereocenters. The summed E-state index contributed by atoms with van der Waals surface area (Å²) in [7, 11) is 3.13. The molecule has 6 nitrogen and oxygen atoms in total. The highest BCUT2D eigenvalue weighted by atomic mass is 16.5. The molecule has 1 heterocycles. The predicted octanol–water partition coefficient (Wildman–Crippen LogP) is 3.06. The maximum absolute atomic E-state index is 12.9. The van der Waals surface area contributed by atoms with Gasteiger partial charge in [-0.05, 0) is 37.0 Å². The fourth-order valence-corrected chi connectivity index (χ4v) is 3.54. The molecule has 1 N–H and O–H groups in total. The van der Waals surface area contributed by atoms with Crippen LogP contribution in [0.25, 0.3) is 0 Å². The van der Waals surface area contributed by atoms with Crippen LogP contribution in [-0.4, -0.2) is 50.1 Å². The van der Waals surface area contributed by atoms with Crippen LogP contribution in [0.2, 0.25) is 0 Å². The van der Waals surface area contributed by atoms with E-state index in [1.54, 1.807) is 32.4 Å². The molecular weight excluding hydrogens is 368 g/mol. The van der Waals surface area contributed by atoms with Crippen molar-refractivity contribution in [3.8, 4) is 11.5 Å². The lowest BCUT2D eigenvalue weighted by molar-refractivity contribution is -0.122. The predicted molar refractivity (Wildman–Crippen MR) is 111 cm³/mol. The highest BCUT2D eigenvalue weighted by Gasteiger charge is 2.25. The third-order valence-corrected chi connectivity index (χ3v) is 5.23. The zero-order valence-electron chi connectivity index (χ0n) is 17.0. The van der Waals surface area contributed by atoms with Gasteiger partial charge >= 0.3 is 0 Å². The number of rotatable bonds is 7. The number of carbonyl (C=O) groups excluding carboxylic acids is 2. The molecule has 3 rings (SSSR count). The van der Waals surface area contributed by atoms with Crippen molar-refractivity contribution in [3.63, 3.8) is 0 Å². The number of hydrogen-bond acceptors (Lipinski definition) is 4. The lowest BCUT2D eigenvalue weighted by Gasteiger charge is -2.32. The SMILES string of the molecule is COc1cc(OC)cc(C(=O)N2CCC(NC(=O)CCc3ccccc3)CC2)c1. The second-order valence-corrected chi connectivity index (χ2v) is 7.22. The molecule has 2 amide bonds. The number of nitrogens with one attached hydrogen (secondary N) is 1. The van der Waals surface area contributed by atoms with Gasteiger partial charge in [-0.1, -0.05) is 30.3 Å². The number of ether oxygens (including phenoxy) is 2. The molecule has 154 valence electrons. The van der Waals surface area contributed by atoms with Crippen molar-refractivity contribution in [2.45, 2.75) is 31.7 Å². The van der Waals surface area contributed by atoms with E-state index in [4.69, 9.17) is 9.47 Å². The van der Waals surface area contributed by atoms with Crippen LogP contribution < -0.4 is 14.8 Å². The van der Waals surface area contributed by atoms with Crippen LogP contribution in [0.1, 0.15) is 35.2 Å². The standard InChI is InChI=1S/C23H28N2O4/c1-28-20-14-18(15-21(16-20)29-2)23(27)25-12-10-19(11-13-25)24-22(26)9-8-17-6-4-3-5-7-17/h3-7,14-16,19H,8-13H2,1-2H3,(H,24,26). The van der Waals surface area contributed by atoms with Gasteiger partial charge in [-0.3, -0.25) is 9.59 Å². The molecule has 1 aliphatic heterocycles. The molecule has 0 aliphatic carbocycles. The number of amides is 2. The van der Waals surface area contributed by atoms with E-state index in [0.29, 0.717) is 36.6 Å². The van der Waals surface area contributed by atoms with Gasteiger partial charge in [0.05, 0.1) is 14.2 Å². The molecule has 0 saturated carbocycles. The Bertz CT molecular complexity index is 808. The van der Waals surface area contributed by atoms with Crippen molar-refractivity contribution in [3.05, 3.63) is 59.7 Å². The van der Waals surface area contributed by atoms with E-state index in [0.717, 1.165) is 24.8 Å². The van der Waals surface area contributed by atoms with E-state index in [9.17, 15) is 9.59 Å². The Morgan fingerprint density at radius 2 is 1.62 bits per heavy atom. The van der Waals surface area contributed by atoms with Gasteiger partial charge in [-0.25, -0.2) is 0 Å². The first-order valence-electron chi connectivity index (χ1n) is 9.94. The van der Waals surface area contributed by atoms with Crippen molar-refractivity contribution in [1.29, 1.82) is 0 Å². The maximum atomic E-state index is 12.9. The molecule has 1 fully saturated rings. The molecule has 0 radical (unpaired) electrons. The van der Waals surface area contributed by atoms with Gasteiger partial charge in [0.2, 0.25) is 5.91 Å². The molecule has 6 heteroatoms. The van der Waals surface area contributed by atoms with Crippen molar-refractivity contribution in [1.82, 2.24) is 10.2 Å². The fraction of sp³-hybridized carbons (Fsp3) is 0.391. The number of aryl methyl sites for hydroxylation is 1. The summed E-state index contributed by atoms with van der Waals surface area (Å²) in [5.74, 6) is 1.20. The molecule has 1 saturated heterocycles. The zero-order valence-corrected chi connectivity index (χ0v) is 17.0. The summed E-state index contributed by atoms with van der Waals surface area (Å²) < 4.78 is 10.5. The second-order valence-electron chi connectivity index (χ2n) is 7.22. The molecule has 1 aliphatic rings. The van der Waals surface area contributed by atoms with Crippen molar-refractivity contribution >= 4 is 11.8 Å². The van der Waals surface area contributed by atoms with Crippen molar-refractivity contribution in [2.24, 2.45) is 0 Å². The quantitative estimate of drug-likeness (QED) is 0.781. The normalized spacial score (nSPS) is 14.3. The topological polar surface area (TPSA) is 67.9 Å². The summed E-state index contributed by atoms with van der Waals surface area (Å²) in [4.78, 5) is 26.9. The largest absolute Gasteiger partial charge is 0.497 e. The molecule has 0 spiro atoms. The number of methoxy groups -OCH3 is 2. The Labute approximate surface area is 171 Å². The Morgan fingerprint density at radius 1 is 1.00 bits per heavy atom. The highest BCUT2D eigenvalue weighted by Crippen LogP contribution is 2.24. The van der Waals surface area contributed by atoms with Gasteiger partial charge in [0, 0.05) is 37.2 Å². The maximum Gasteiger partial charge on any atom is 0.254 e. The number of nitrogens with zero attached hydrogens (tertiary/aromatic N) is 1. The van der Waals surface area contributed by atoms with Crippen molar-refractivity contribution < 1.29 is 19.1 Å². The van der Waals surface area contributed by atoms with E-state index < -0.39 is 0 Å². The zero-order chi connectivity index (χ0) is 20.6. The van der Waals surface area contributed by atoms with Crippen LogP contribution in [0, 0.1) is 0 Å². The Kier molecular flexibility index (Phi) is 7.11. The first-order valence-corrected chi connectivity index (χ1v) is 9.94.